The minimum atomic E-state index is -1.25. The lowest BCUT2D eigenvalue weighted by atomic mass is 9.79. The second-order valence-corrected chi connectivity index (χ2v) is 19.5. The predicted molar refractivity (Wildman–Crippen MR) is 257 cm³/mol. The second kappa shape index (κ2) is 26.6. The molecule has 3 N–H and O–H groups in total. The number of aliphatic hydroxyl groups excluding tert-OH is 3. The summed E-state index contributed by atoms with van der Waals surface area (Å²) < 4.78 is 52.0. The molecule has 2 saturated heterocycles. The van der Waals surface area contributed by atoms with E-state index in [0.29, 0.717) is 43.6 Å². The molecule has 3 aliphatic heterocycles. The Morgan fingerprint density at radius 2 is 1.76 bits per heavy atom. The Hall–Kier alpha value is -3.99. The monoisotopic (exact) mass is 984 g/mol. The molecule has 16 atom stereocenters. The van der Waals surface area contributed by atoms with Gasteiger partial charge in [0.05, 0.1) is 68.9 Å². The molecular weight excluding hydrogens is 907 g/mol. The highest BCUT2D eigenvalue weighted by Gasteiger charge is 2.48. The van der Waals surface area contributed by atoms with Gasteiger partial charge in [0.1, 0.15) is 36.7 Å². The van der Waals surface area contributed by atoms with Crippen LogP contribution in [0.5, 0.6) is 0 Å². The Morgan fingerprint density at radius 1 is 0.971 bits per heavy atom. The third-order valence-corrected chi connectivity index (χ3v) is 14.1. The fourth-order valence-corrected chi connectivity index (χ4v) is 10.1. The topological polar surface area (TPSA) is 224 Å². The lowest BCUT2D eigenvalue weighted by Crippen LogP contribution is -2.63. The van der Waals surface area contributed by atoms with E-state index in [1.54, 1.807) is 68.5 Å². The molecule has 3 fully saturated rings. The van der Waals surface area contributed by atoms with Crippen LogP contribution in [-0.2, 0) is 58.9 Å². The van der Waals surface area contributed by atoms with Crippen molar-refractivity contribution < 1.29 is 67.6 Å². The van der Waals surface area contributed by atoms with Crippen molar-refractivity contribution in [1.29, 1.82) is 0 Å². The van der Waals surface area contributed by atoms with Gasteiger partial charge in [-0.1, -0.05) is 49.7 Å². The Balaban J connectivity index is 1.31. The molecule has 19 heteroatoms. The van der Waals surface area contributed by atoms with Gasteiger partial charge >= 0.3 is 5.97 Å². The molecular formula is C51H77N5O14. The predicted octanol–water partition coefficient (Wildman–Crippen LogP) is 3.99. The summed E-state index contributed by atoms with van der Waals surface area (Å²) in [6, 6.07) is 4.82. The standard InChI is InChI=1S/C51H77N5O14/c1-10-40-36(27-65-41-16-15-39(58)49(62-8)50(41)63-9)22-30(2)12-14-38(57)31(3)23-35-18-21-64-28-37(54-67-26-34-13-17-43(52-25-34)56-20-11-19-53-56)29-66-42(24-44(59)69-40)32(4)48(35)70-51-47(61)45(55(6)7)46(60)33(5)68-51/h11-14,17,19-20,22,25,31-33,35-36,39-42,45-51,58,60-61H,10,15-16,18,21,23-24,26-29H2,1-9H3/b14-12+,30-22+,54-37+/t31-,32+,33-,35?,36-,39-,40-,41-,42-,45+,46-,47-,48-,49-,50+,51+/m1/s1. The van der Waals surface area contributed by atoms with Crippen LogP contribution in [0.2, 0.25) is 0 Å². The van der Waals surface area contributed by atoms with Gasteiger partial charge in [0.25, 0.3) is 0 Å². The summed E-state index contributed by atoms with van der Waals surface area (Å²) >= 11 is 0. The number of ketones is 1. The average molecular weight is 984 g/mol. The molecule has 6 rings (SSSR count). The quantitative estimate of drug-likeness (QED) is 0.191. The lowest BCUT2D eigenvalue weighted by Gasteiger charge is -2.47. The van der Waals surface area contributed by atoms with E-state index in [4.69, 9.17) is 42.7 Å². The zero-order chi connectivity index (χ0) is 50.5. The number of allylic oxidation sites excluding steroid dienone is 3. The number of carbonyl (C=O) groups is 2. The van der Waals surface area contributed by atoms with Crippen LogP contribution in [0, 0.1) is 23.7 Å². The van der Waals surface area contributed by atoms with Crippen molar-refractivity contribution in [3.8, 4) is 5.82 Å². The molecule has 2 bridgehead atoms. The van der Waals surface area contributed by atoms with Gasteiger partial charge in [-0.25, -0.2) is 9.67 Å². The van der Waals surface area contributed by atoms with E-state index < -0.39 is 97.1 Å². The Kier molecular flexibility index (Phi) is 21.0. The molecule has 5 heterocycles. The van der Waals surface area contributed by atoms with E-state index in [2.05, 4.69) is 15.2 Å². The molecule has 0 aromatic carbocycles. The van der Waals surface area contributed by atoms with Crippen molar-refractivity contribution in [2.75, 3.05) is 54.7 Å². The Labute approximate surface area is 412 Å². The third-order valence-electron chi connectivity index (χ3n) is 14.1. The largest absolute Gasteiger partial charge is 0.462 e. The minimum absolute atomic E-state index is 0.0570. The summed E-state index contributed by atoms with van der Waals surface area (Å²) in [4.78, 5) is 40.6. The number of cyclic esters (lactones) is 1. The molecule has 0 spiro atoms. The van der Waals surface area contributed by atoms with Crippen LogP contribution in [0.15, 0.2) is 65.7 Å². The first kappa shape index (κ1) is 55.3. The van der Waals surface area contributed by atoms with E-state index in [1.807, 2.05) is 52.0 Å². The van der Waals surface area contributed by atoms with Gasteiger partial charge in [0.15, 0.2) is 17.9 Å². The van der Waals surface area contributed by atoms with Crippen molar-refractivity contribution in [3.63, 3.8) is 0 Å². The SMILES string of the molecule is CC[C@H]1OC(=O)C[C@H]2OC/C(=N/OCc3ccc(-n4cccn4)nc3)COCCC(C[C@@H](C)C(=O)/C=C/C(C)=C/[C@@H]1CO[C@@H]1CC[C@@H](O)[C@@H](OC)[C@H]1OC)[C@H](O[C@@H]1O[C@H](C)[C@@H](O)[C@H](N(C)C)[C@H]1O)[C@H]2C. The number of oxime groups is 1. The molecule has 0 radical (unpaired) electrons. The van der Waals surface area contributed by atoms with Crippen LogP contribution in [0.4, 0.5) is 0 Å². The van der Waals surface area contributed by atoms with E-state index in [-0.39, 0.29) is 51.2 Å². The van der Waals surface area contributed by atoms with Crippen LogP contribution >= 0.6 is 0 Å². The maximum absolute atomic E-state index is 14.5. The van der Waals surface area contributed by atoms with E-state index in [0.717, 1.165) is 11.1 Å². The number of fused-ring (bicyclic) bond motifs is 3. The number of methoxy groups -OCH3 is 2. The van der Waals surface area contributed by atoms with Gasteiger partial charge in [-0.2, -0.15) is 5.10 Å². The molecule has 1 unspecified atom stereocenters. The Morgan fingerprint density at radius 3 is 2.44 bits per heavy atom. The van der Waals surface area contributed by atoms with Crippen LogP contribution in [-0.4, -0.2) is 181 Å². The van der Waals surface area contributed by atoms with Crippen LogP contribution in [0.3, 0.4) is 0 Å². The van der Waals surface area contributed by atoms with Gasteiger partial charge in [0, 0.05) is 62.7 Å². The van der Waals surface area contributed by atoms with Crippen LogP contribution < -0.4 is 0 Å². The summed E-state index contributed by atoms with van der Waals surface area (Å²) in [5, 5.41) is 42.2. The first-order valence-electron chi connectivity index (χ1n) is 24.7. The highest BCUT2D eigenvalue weighted by Crippen LogP contribution is 2.36. The molecule has 2 aromatic rings. The molecule has 2 aromatic heterocycles. The molecule has 1 saturated carbocycles. The van der Waals surface area contributed by atoms with E-state index >= 15 is 0 Å². The first-order chi connectivity index (χ1) is 33.6. The summed E-state index contributed by atoms with van der Waals surface area (Å²) in [5.74, 6) is -1.79. The summed E-state index contributed by atoms with van der Waals surface area (Å²) in [6.07, 6.45) is 4.00. The van der Waals surface area contributed by atoms with Gasteiger partial charge in [-0.3, -0.25) is 9.59 Å². The number of aromatic nitrogens is 3. The van der Waals surface area contributed by atoms with Crippen molar-refractivity contribution in [1.82, 2.24) is 19.7 Å². The molecule has 19 nitrogen and oxygen atoms in total. The zero-order valence-electron chi connectivity index (χ0n) is 42.3. The fraction of sp³-hybridized carbons (Fsp3) is 0.706. The highest BCUT2D eigenvalue weighted by atomic mass is 16.7. The maximum Gasteiger partial charge on any atom is 0.308 e. The molecule has 1 aliphatic carbocycles. The smallest absolute Gasteiger partial charge is 0.308 e. The number of pyridine rings is 1. The number of likely N-dealkylation sites (N-methyl/N-ethyl adjacent to an activating group) is 1. The number of aliphatic hydroxyl groups is 3. The fourth-order valence-electron chi connectivity index (χ4n) is 10.1. The first-order valence-corrected chi connectivity index (χ1v) is 24.7. The zero-order valence-corrected chi connectivity index (χ0v) is 42.3. The van der Waals surface area contributed by atoms with Crippen molar-refractivity contribution in [2.24, 2.45) is 28.8 Å². The van der Waals surface area contributed by atoms with Crippen molar-refractivity contribution in [3.05, 3.63) is 66.2 Å². The molecule has 0 amide bonds. The third kappa shape index (κ3) is 14.6. The van der Waals surface area contributed by atoms with Crippen LogP contribution in [0.25, 0.3) is 5.82 Å². The summed E-state index contributed by atoms with van der Waals surface area (Å²) in [7, 11) is 6.65. The van der Waals surface area contributed by atoms with Gasteiger partial charge in [0.2, 0.25) is 0 Å². The van der Waals surface area contributed by atoms with E-state index in [9.17, 15) is 24.9 Å². The number of carbonyl (C=O) groups excluding carboxylic acids is 2. The van der Waals surface area contributed by atoms with E-state index in [1.165, 1.54) is 7.11 Å². The number of hydrogen-bond acceptors (Lipinski definition) is 18. The van der Waals surface area contributed by atoms with Crippen molar-refractivity contribution in [2.45, 2.75) is 153 Å². The molecule has 4 aliphatic rings. The van der Waals surface area contributed by atoms with Gasteiger partial charge < -0.3 is 63.0 Å². The summed E-state index contributed by atoms with van der Waals surface area (Å²) in [5.41, 5.74) is 2.00. The van der Waals surface area contributed by atoms with Crippen LogP contribution in [0.1, 0.15) is 78.7 Å². The number of esters is 1. The van der Waals surface area contributed by atoms with Gasteiger partial charge in [-0.05, 0) is 84.2 Å². The molecule has 70 heavy (non-hydrogen) atoms. The molecule has 390 valence electrons. The minimum Gasteiger partial charge on any atom is -0.462 e. The number of hydrogen-bond donors (Lipinski definition) is 3. The number of rotatable bonds is 13. The number of nitrogens with zero attached hydrogens (tertiary/aromatic N) is 5. The average Bonchev–Trinajstić information content (AvgIpc) is 3.88. The highest BCUT2D eigenvalue weighted by molar-refractivity contribution is 5.91. The number of ether oxygens (including phenoxy) is 8. The van der Waals surface area contributed by atoms with Crippen molar-refractivity contribution >= 4 is 17.5 Å². The lowest BCUT2D eigenvalue weighted by molar-refractivity contribution is -0.305. The second-order valence-electron chi connectivity index (χ2n) is 19.5. The van der Waals surface area contributed by atoms with Gasteiger partial charge in [-0.15, -0.1) is 0 Å². The maximum atomic E-state index is 14.5. The Bertz CT molecular complexity index is 2020. The normalized spacial score (nSPS) is 37.3. The summed E-state index contributed by atoms with van der Waals surface area (Å²) in [6.45, 7) is 9.88.